The Hall–Kier alpha value is -1.52. The molecule has 0 bridgehead atoms. The fourth-order valence-electron chi connectivity index (χ4n) is 2.54. The molecule has 1 heterocycles. The van der Waals surface area contributed by atoms with Crippen molar-refractivity contribution in [3.63, 3.8) is 0 Å². The number of benzene rings is 1. The normalized spacial score (nSPS) is 17.8. The van der Waals surface area contributed by atoms with Gasteiger partial charge >= 0.3 is 5.76 Å². The van der Waals surface area contributed by atoms with Gasteiger partial charge in [-0.25, -0.2) is 8.42 Å². The lowest BCUT2D eigenvalue weighted by Gasteiger charge is -2.31. The Balaban J connectivity index is 1.94. The first-order valence-corrected chi connectivity index (χ1v) is 8.26. The van der Waals surface area contributed by atoms with Crippen molar-refractivity contribution in [1.29, 1.82) is 5.26 Å². The summed E-state index contributed by atoms with van der Waals surface area (Å²) in [5.74, 6) is -3.29. The van der Waals surface area contributed by atoms with E-state index in [9.17, 15) is 17.2 Å². The Morgan fingerprint density at radius 2 is 2.00 bits per heavy atom. The molecule has 0 aliphatic carbocycles. The minimum Gasteiger partial charge on any atom is -0.299 e. The van der Waals surface area contributed by atoms with Crippen LogP contribution in [0.1, 0.15) is 24.0 Å². The van der Waals surface area contributed by atoms with Crippen molar-refractivity contribution in [3.8, 4) is 6.07 Å². The molecule has 21 heavy (non-hydrogen) atoms. The minimum atomic E-state index is -4.31. The van der Waals surface area contributed by atoms with Crippen LogP contribution in [0.4, 0.5) is 8.78 Å². The number of alkyl halides is 2. The Bertz CT molecular complexity index is 633. The highest BCUT2D eigenvalue weighted by atomic mass is 32.2. The van der Waals surface area contributed by atoms with Gasteiger partial charge in [-0.3, -0.25) is 4.90 Å². The molecular formula is C14H16F2N2O2S. The molecule has 0 radical (unpaired) electrons. The molecule has 1 aliphatic heterocycles. The zero-order valence-electron chi connectivity index (χ0n) is 11.4. The van der Waals surface area contributed by atoms with Crippen molar-refractivity contribution in [2.45, 2.75) is 30.4 Å². The molecule has 7 heteroatoms. The van der Waals surface area contributed by atoms with E-state index in [1.54, 1.807) is 18.2 Å². The minimum absolute atomic E-state index is 0.227. The van der Waals surface area contributed by atoms with Gasteiger partial charge in [-0.1, -0.05) is 12.1 Å². The van der Waals surface area contributed by atoms with Crippen molar-refractivity contribution in [2.75, 3.05) is 13.1 Å². The quantitative estimate of drug-likeness (QED) is 0.854. The molecule has 2 rings (SSSR count). The van der Waals surface area contributed by atoms with Crippen LogP contribution >= 0.6 is 0 Å². The number of hydrogen-bond donors (Lipinski definition) is 0. The van der Waals surface area contributed by atoms with E-state index in [2.05, 4.69) is 6.07 Å². The molecule has 0 unspecified atom stereocenters. The molecule has 4 nitrogen and oxygen atoms in total. The van der Waals surface area contributed by atoms with E-state index in [4.69, 9.17) is 5.26 Å². The van der Waals surface area contributed by atoms with E-state index in [0.29, 0.717) is 25.2 Å². The largest absolute Gasteiger partial charge is 0.337 e. The van der Waals surface area contributed by atoms with Crippen molar-refractivity contribution < 1.29 is 17.2 Å². The number of rotatable bonds is 4. The van der Waals surface area contributed by atoms with E-state index in [0.717, 1.165) is 5.56 Å². The van der Waals surface area contributed by atoms with Crippen LogP contribution in [0.15, 0.2) is 24.3 Å². The second-order valence-electron chi connectivity index (χ2n) is 5.14. The van der Waals surface area contributed by atoms with Gasteiger partial charge in [0.15, 0.2) is 0 Å². The van der Waals surface area contributed by atoms with E-state index in [1.807, 2.05) is 11.0 Å². The van der Waals surface area contributed by atoms with E-state index >= 15 is 0 Å². The first-order chi connectivity index (χ1) is 9.93. The van der Waals surface area contributed by atoms with Crippen LogP contribution in [0.3, 0.4) is 0 Å². The van der Waals surface area contributed by atoms with Gasteiger partial charge in [0.05, 0.1) is 16.9 Å². The molecule has 0 N–H and O–H groups in total. The monoisotopic (exact) mass is 314 g/mol. The summed E-state index contributed by atoms with van der Waals surface area (Å²) in [7, 11) is -4.31. The highest BCUT2D eigenvalue weighted by Crippen LogP contribution is 2.23. The van der Waals surface area contributed by atoms with Crippen molar-refractivity contribution in [3.05, 3.63) is 35.4 Å². The first kappa shape index (κ1) is 15.9. The van der Waals surface area contributed by atoms with E-state index in [-0.39, 0.29) is 12.8 Å². The molecule has 0 aromatic heterocycles. The number of piperidine rings is 1. The van der Waals surface area contributed by atoms with Crippen LogP contribution < -0.4 is 0 Å². The number of sulfone groups is 1. The third kappa shape index (κ3) is 3.77. The molecule has 114 valence electrons. The van der Waals surface area contributed by atoms with Crippen LogP contribution in [0.25, 0.3) is 0 Å². The van der Waals surface area contributed by atoms with E-state index in [1.165, 1.54) is 0 Å². The second-order valence-corrected chi connectivity index (χ2v) is 7.34. The van der Waals surface area contributed by atoms with Gasteiger partial charge in [-0.2, -0.15) is 14.0 Å². The molecule has 0 saturated carbocycles. The summed E-state index contributed by atoms with van der Waals surface area (Å²) in [6, 6.07) is 9.24. The zero-order chi connectivity index (χ0) is 15.5. The summed E-state index contributed by atoms with van der Waals surface area (Å²) >= 11 is 0. The molecule has 1 aliphatic rings. The highest BCUT2D eigenvalue weighted by Gasteiger charge is 2.36. The van der Waals surface area contributed by atoms with Crippen LogP contribution in [-0.4, -0.2) is 37.4 Å². The van der Waals surface area contributed by atoms with Crippen molar-refractivity contribution in [1.82, 2.24) is 4.90 Å². The summed E-state index contributed by atoms with van der Waals surface area (Å²) in [6.07, 6.45) is 0.454. The molecular weight excluding hydrogens is 298 g/mol. The SMILES string of the molecule is N#Cc1cccc(CN2CCC(S(=O)(=O)C(F)F)CC2)c1. The Morgan fingerprint density at radius 3 is 2.57 bits per heavy atom. The number of halogens is 2. The fraction of sp³-hybridized carbons (Fsp3) is 0.500. The molecule has 0 spiro atoms. The number of nitrogens with zero attached hydrogens (tertiary/aromatic N) is 2. The number of hydrogen-bond acceptors (Lipinski definition) is 4. The fourth-order valence-corrected chi connectivity index (χ4v) is 3.70. The molecule has 0 atom stereocenters. The summed E-state index contributed by atoms with van der Waals surface area (Å²) in [5, 5.41) is 7.90. The maximum atomic E-state index is 12.5. The lowest BCUT2D eigenvalue weighted by Crippen LogP contribution is -2.40. The van der Waals surface area contributed by atoms with Gasteiger partial charge in [-0.05, 0) is 43.6 Å². The summed E-state index contributed by atoms with van der Waals surface area (Å²) < 4.78 is 47.8. The van der Waals surface area contributed by atoms with Crippen LogP contribution in [-0.2, 0) is 16.4 Å². The van der Waals surface area contributed by atoms with Gasteiger partial charge < -0.3 is 0 Å². The standard InChI is InChI=1S/C14H16F2N2O2S/c15-14(16)21(19,20)13-4-6-18(7-5-13)10-12-3-1-2-11(8-12)9-17/h1-3,8,13-14H,4-7,10H2. The average molecular weight is 314 g/mol. The van der Waals surface area contributed by atoms with Gasteiger partial charge in [0.1, 0.15) is 0 Å². The maximum absolute atomic E-state index is 12.5. The Labute approximate surface area is 122 Å². The smallest absolute Gasteiger partial charge is 0.299 e. The summed E-state index contributed by atoms with van der Waals surface area (Å²) in [6.45, 7) is 1.53. The molecule has 1 fully saturated rings. The zero-order valence-corrected chi connectivity index (χ0v) is 12.2. The second kappa shape index (κ2) is 6.50. The van der Waals surface area contributed by atoms with Crippen LogP contribution in [0.5, 0.6) is 0 Å². The Morgan fingerprint density at radius 1 is 1.33 bits per heavy atom. The van der Waals surface area contributed by atoms with Gasteiger partial charge in [0.25, 0.3) is 0 Å². The molecule has 1 aromatic rings. The first-order valence-electron chi connectivity index (χ1n) is 6.65. The van der Waals surface area contributed by atoms with E-state index < -0.39 is 20.8 Å². The van der Waals surface area contributed by atoms with Crippen LogP contribution in [0, 0.1) is 11.3 Å². The predicted molar refractivity (Wildman–Crippen MR) is 74.4 cm³/mol. The van der Waals surface area contributed by atoms with Crippen LogP contribution in [0.2, 0.25) is 0 Å². The van der Waals surface area contributed by atoms with Gasteiger partial charge in [-0.15, -0.1) is 0 Å². The van der Waals surface area contributed by atoms with Gasteiger partial charge in [0, 0.05) is 6.54 Å². The Kier molecular flexibility index (Phi) is 4.91. The molecule has 1 saturated heterocycles. The lowest BCUT2D eigenvalue weighted by atomic mass is 10.1. The topological polar surface area (TPSA) is 61.2 Å². The van der Waals surface area contributed by atoms with Gasteiger partial charge in [0.2, 0.25) is 9.84 Å². The number of likely N-dealkylation sites (tertiary alicyclic amines) is 1. The molecule has 0 amide bonds. The third-order valence-electron chi connectivity index (χ3n) is 3.71. The van der Waals surface area contributed by atoms with Crippen molar-refractivity contribution >= 4 is 9.84 Å². The summed E-state index contributed by atoms with van der Waals surface area (Å²) in [5.41, 5.74) is 1.53. The maximum Gasteiger partial charge on any atom is 0.337 e. The lowest BCUT2D eigenvalue weighted by molar-refractivity contribution is 0.207. The predicted octanol–water partition coefficient (Wildman–Crippen LogP) is 2.16. The third-order valence-corrected chi connectivity index (χ3v) is 5.61. The van der Waals surface area contributed by atoms with Crippen molar-refractivity contribution in [2.24, 2.45) is 0 Å². The highest BCUT2D eigenvalue weighted by molar-refractivity contribution is 7.92. The summed E-state index contributed by atoms with van der Waals surface area (Å²) in [4.78, 5) is 2.02. The number of nitriles is 1. The molecule has 1 aromatic carbocycles. The average Bonchev–Trinajstić information content (AvgIpc) is 2.48.